The zero-order valence-electron chi connectivity index (χ0n) is 20.1. The second kappa shape index (κ2) is 9.77. The van der Waals surface area contributed by atoms with Gasteiger partial charge in [0, 0.05) is 37.1 Å². The molecule has 34 heavy (non-hydrogen) atoms. The summed E-state index contributed by atoms with van der Waals surface area (Å²) >= 11 is 0. The van der Waals surface area contributed by atoms with E-state index in [0.29, 0.717) is 42.4 Å². The Bertz CT molecular complexity index is 1070. The van der Waals surface area contributed by atoms with Crippen LogP contribution in [0.25, 0.3) is 0 Å². The summed E-state index contributed by atoms with van der Waals surface area (Å²) in [6, 6.07) is 3.53. The standard InChI is InChI=1S/C23H31BN4O6/c1-14-8-15(9-17(22(30)31-4)19(14)24-33-12-23(2,3)13-34-24)26-21-18(20(25)29)10-28(27-21)16-6-5-7-32-11-16/h8-10,16H,5-7,11-13H2,1-4H3,(H2,25,29)(H,26,27)/t16-/m1/s1. The number of nitrogens with one attached hydrogen (secondary N) is 1. The molecule has 4 rings (SSSR count). The van der Waals surface area contributed by atoms with Crippen molar-refractivity contribution in [2.45, 2.75) is 39.7 Å². The van der Waals surface area contributed by atoms with E-state index in [-0.39, 0.29) is 17.0 Å². The van der Waals surface area contributed by atoms with Crippen LogP contribution >= 0.6 is 0 Å². The summed E-state index contributed by atoms with van der Waals surface area (Å²) in [5.41, 5.74) is 8.03. The maximum Gasteiger partial charge on any atom is 0.495 e. The number of anilines is 2. The fraction of sp³-hybridized carbons (Fsp3) is 0.522. The van der Waals surface area contributed by atoms with Gasteiger partial charge in [0.1, 0.15) is 5.56 Å². The lowest BCUT2D eigenvalue weighted by Gasteiger charge is -2.34. The van der Waals surface area contributed by atoms with Crippen molar-refractivity contribution in [3.8, 4) is 0 Å². The third-order valence-corrected chi connectivity index (χ3v) is 6.05. The number of aryl methyl sites for hydroxylation is 1. The molecule has 11 heteroatoms. The molecule has 0 bridgehead atoms. The molecule has 2 saturated heterocycles. The Morgan fingerprint density at radius 1 is 1.26 bits per heavy atom. The summed E-state index contributed by atoms with van der Waals surface area (Å²) in [6.07, 6.45) is 3.46. The van der Waals surface area contributed by atoms with Crippen molar-refractivity contribution >= 4 is 36.0 Å². The molecule has 3 N–H and O–H groups in total. The third-order valence-electron chi connectivity index (χ3n) is 6.05. The molecule has 0 spiro atoms. The van der Waals surface area contributed by atoms with Gasteiger partial charge in [-0.3, -0.25) is 9.48 Å². The van der Waals surface area contributed by atoms with E-state index < -0.39 is 19.0 Å². The predicted molar refractivity (Wildman–Crippen MR) is 127 cm³/mol. The maximum atomic E-state index is 12.7. The number of rotatable bonds is 6. The predicted octanol–water partition coefficient (Wildman–Crippen LogP) is 1.94. The van der Waals surface area contributed by atoms with Crippen molar-refractivity contribution in [1.29, 1.82) is 0 Å². The molecular weight excluding hydrogens is 439 g/mol. The second-order valence-corrected chi connectivity index (χ2v) is 9.60. The van der Waals surface area contributed by atoms with E-state index in [1.807, 2.05) is 13.0 Å². The first-order valence-corrected chi connectivity index (χ1v) is 11.4. The highest BCUT2D eigenvalue weighted by Crippen LogP contribution is 2.27. The average molecular weight is 470 g/mol. The molecular formula is C23H31BN4O6. The number of carbonyl (C=O) groups excluding carboxylic acids is 2. The summed E-state index contributed by atoms with van der Waals surface area (Å²) in [7, 11) is 0.648. The topological polar surface area (TPSA) is 127 Å². The molecule has 0 radical (unpaired) electrons. The highest BCUT2D eigenvalue weighted by atomic mass is 16.6. The number of ether oxygens (including phenoxy) is 2. The normalized spacial score (nSPS) is 20.1. The van der Waals surface area contributed by atoms with Crippen LogP contribution in [0.1, 0.15) is 59.0 Å². The molecule has 0 unspecified atom stereocenters. The smallest absolute Gasteiger partial charge is 0.465 e. The van der Waals surface area contributed by atoms with E-state index in [9.17, 15) is 9.59 Å². The highest BCUT2D eigenvalue weighted by Gasteiger charge is 2.37. The Labute approximate surface area is 199 Å². The van der Waals surface area contributed by atoms with Gasteiger partial charge in [0.25, 0.3) is 5.91 Å². The second-order valence-electron chi connectivity index (χ2n) is 9.60. The molecule has 1 amide bonds. The number of carbonyl (C=O) groups is 2. The summed E-state index contributed by atoms with van der Waals surface area (Å²) in [4.78, 5) is 24.8. The van der Waals surface area contributed by atoms with Gasteiger partial charge in [-0.25, -0.2) is 4.79 Å². The largest absolute Gasteiger partial charge is 0.495 e. The van der Waals surface area contributed by atoms with Crippen LogP contribution in [0.15, 0.2) is 18.3 Å². The highest BCUT2D eigenvalue weighted by molar-refractivity contribution is 6.63. The molecule has 0 saturated carbocycles. The van der Waals surface area contributed by atoms with Gasteiger partial charge in [-0.05, 0) is 42.9 Å². The van der Waals surface area contributed by atoms with Crippen LogP contribution in [0, 0.1) is 12.3 Å². The third kappa shape index (κ3) is 5.11. The molecule has 1 atom stereocenters. The Kier molecular flexibility index (Phi) is 6.97. The van der Waals surface area contributed by atoms with Gasteiger partial charge in [0.2, 0.25) is 0 Å². The van der Waals surface area contributed by atoms with Crippen LogP contribution in [0.4, 0.5) is 11.5 Å². The summed E-state index contributed by atoms with van der Waals surface area (Å²) in [6.45, 7) is 8.23. The van der Waals surface area contributed by atoms with Crippen LogP contribution in [0.2, 0.25) is 0 Å². The molecule has 1 aromatic heterocycles. The number of aromatic nitrogens is 2. The van der Waals surface area contributed by atoms with Crippen LogP contribution in [-0.2, 0) is 18.8 Å². The quantitative estimate of drug-likeness (QED) is 0.485. The first kappa shape index (κ1) is 24.2. The first-order chi connectivity index (χ1) is 16.2. The van der Waals surface area contributed by atoms with Gasteiger partial charge in [0.15, 0.2) is 5.82 Å². The van der Waals surface area contributed by atoms with E-state index in [1.165, 1.54) is 7.11 Å². The van der Waals surface area contributed by atoms with Crippen molar-refractivity contribution in [2.75, 3.05) is 38.9 Å². The number of nitrogens with two attached hydrogens (primary N) is 1. The summed E-state index contributed by atoms with van der Waals surface area (Å²) in [5, 5.41) is 7.72. The minimum Gasteiger partial charge on any atom is -0.465 e. The molecule has 2 aromatic rings. The molecule has 1 aromatic carbocycles. The zero-order chi connectivity index (χ0) is 24.5. The van der Waals surface area contributed by atoms with E-state index in [2.05, 4.69) is 24.3 Å². The molecule has 3 heterocycles. The van der Waals surface area contributed by atoms with Crippen molar-refractivity contribution in [2.24, 2.45) is 11.1 Å². The van der Waals surface area contributed by atoms with Gasteiger partial charge in [-0.1, -0.05) is 13.8 Å². The van der Waals surface area contributed by atoms with E-state index in [1.54, 1.807) is 16.9 Å². The van der Waals surface area contributed by atoms with Crippen LogP contribution < -0.4 is 16.5 Å². The lowest BCUT2D eigenvalue weighted by atomic mass is 9.71. The minimum atomic E-state index is -0.678. The van der Waals surface area contributed by atoms with Crippen molar-refractivity contribution in [1.82, 2.24) is 9.78 Å². The lowest BCUT2D eigenvalue weighted by molar-refractivity contribution is 0.0339. The van der Waals surface area contributed by atoms with Gasteiger partial charge in [-0.2, -0.15) is 5.10 Å². The fourth-order valence-corrected chi connectivity index (χ4v) is 4.24. The van der Waals surface area contributed by atoms with Crippen LogP contribution in [0.5, 0.6) is 0 Å². The Morgan fingerprint density at radius 2 is 2.00 bits per heavy atom. The molecule has 182 valence electrons. The van der Waals surface area contributed by atoms with Gasteiger partial charge in [0.05, 0.1) is 25.3 Å². The maximum absolute atomic E-state index is 12.7. The summed E-state index contributed by atoms with van der Waals surface area (Å²) in [5.74, 6) is -0.801. The number of esters is 1. The Hall–Kier alpha value is -2.89. The fourth-order valence-electron chi connectivity index (χ4n) is 4.24. The van der Waals surface area contributed by atoms with Crippen LogP contribution in [0.3, 0.4) is 0 Å². The minimum absolute atomic E-state index is 0.0296. The monoisotopic (exact) mass is 470 g/mol. The molecule has 0 aliphatic carbocycles. The Morgan fingerprint density at radius 3 is 2.62 bits per heavy atom. The number of primary amides is 1. The van der Waals surface area contributed by atoms with Crippen molar-refractivity contribution in [3.05, 3.63) is 35.0 Å². The van der Waals surface area contributed by atoms with Crippen LogP contribution in [-0.4, -0.2) is 62.3 Å². The molecule has 2 aliphatic rings. The Balaban J connectivity index is 1.66. The van der Waals surface area contributed by atoms with E-state index in [0.717, 1.165) is 25.0 Å². The van der Waals surface area contributed by atoms with E-state index in [4.69, 9.17) is 24.5 Å². The lowest BCUT2D eigenvalue weighted by Crippen LogP contribution is -2.50. The van der Waals surface area contributed by atoms with Gasteiger partial charge < -0.3 is 29.8 Å². The first-order valence-electron chi connectivity index (χ1n) is 11.4. The van der Waals surface area contributed by atoms with Gasteiger partial charge >= 0.3 is 13.1 Å². The van der Waals surface area contributed by atoms with Crippen molar-refractivity contribution in [3.63, 3.8) is 0 Å². The number of amides is 1. The summed E-state index contributed by atoms with van der Waals surface area (Å²) < 4.78 is 24.2. The average Bonchev–Trinajstić information content (AvgIpc) is 3.23. The molecule has 10 nitrogen and oxygen atoms in total. The molecule has 2 fully saturated rings. The van der Waals surface area contributed by atoms with Gasteiger partial charge in [-0.15, -0.1) is 0 Å². The number of hydrogen-bond donors (Lipinski definition) is 2. The number of hydrogen-bond acceptors (Lipinski definition) is 8. The SMILES string of the molecule is COC(=O)c1cc(Nc2nn([C@@H]3CCCOC3)cc2C(N)=O)cc(C)c1B1OCC(C)(C)CO1. The van der Waals surface area contributed by atoms with Crippen molar-refractivity contribution < 1.29 is 28.4 Å². The van der Waals surface area contributed by atoms with E-state index >= 15 is 0 Å². The number of benzene rings is 1. The number of nitrogens with zero attached hydrogens (tertiary/aromatic N) is 2. The zero-order valence-corrected chi connectivity index (χ0v) is 20.1. The number of methoxy groups -OCH3 is 1. The molecule has 2 aliphatic heterocycles.